The molecule has 9 heteroatoms. The summed E-state index contributed by atoms with van der Waals surface area (Å²) in [4.78, 5) is 21.8. The first-order valence-corrected chi connectivity index (χ1v) is 8.26. The van der Waals surface area contributed by atoms with Gasteiger partial charge < -0.3 is 4.57 Å². The second-order valence-corrected chi connectivity index (χ2v) is 5.82. The molecular weight excluding hydrogens is 344 g/mol. The van der Waals surface area contributed by atoms with Gasteiger partial charge in [-0.3, -0.25) is 15.1 Å². The van der Waals surface area contributed by atoms with E-state index in [4.69, 9.17) is 0 Å². The Balaban J connectivity index is 1.45. The maximum Gasteiger partial charge on any atom is 0.250 e. The van der Waals surface area contributed by atoms with Crippen LogP contribution in [0.3, 0.4) is 0 Å². The van der Waals surface area contributed by atoms with Crippen molar-refractivity contribution in [1.29, 1.82) is 0 Å². The van der Waals surface area contributed by atoms with E-state index in [0.717, 1.165) is 16.8 Å². The number of hydrogen-bond donors (Lipinski definition) is 1. The molecule has 0 radical (unpaired) electrons. The van der Waals surface area contributed by atoms with Crippen LogP contribution in [0.5, 0.6) is 0 Å². The van der Waals surface area contributed by atoms with E-state index in [2.05, 4.69) is 30.7 Å². The molecule has 1 aromatic carbocycles. The van der Waals surface area contributed by atoms with E-state index in [0.29, 0.717) is 11.8 Å². The molecule has 0 unspecified atom stereocenters. The average molecular weight is 360 g/mol. The number of amides is 1. The van der Waals surface area contributed by atoms with Gasteiger partial charge in [-0.25, -0.2) is 4.98 Å². The van der Waals surface area contributed by atoms with Crippen LogP contribution in [0.25, 0.3) is 22.6 Å². The molecule has 4 aromatic rings. The molecule has 0 aliphatic heterocycles. The number of imidazole rings is 1. The monoisotopic (exact) mass is 360 g/mol. The number of nitrogens with zero attached hydrogens (tertiary/aromatic N) is 7. The van der Waals surface area contributed by atoms with Gasteiger partial charge in [-0.1, -0.05) is 30.3 Å². The Labute approximate surface area is 154 Å². The van der Waals surface area contributed by atoms with Gasteiger partial charge in [0.15, 0.2) is 0 Å². The van der Waals surface area contributed by atoms with E-state index in [9.17, 15) is 4.79 Å². The molecule has 1 N–H and O–H groups in total. The van der Waals surface area contributed by atoms with E-state index in [-0.39, 0.29) is 12.5 Å². The number of carbonyl (C=O) groups excluding carboxylic acids is 1. The van der Waals surface area contributed by atoms with Crippen LogP contribution >= 0.6 is 0 Å². The summed E-state index contributed by atoms with van der Waals surface area (Å²) >= 11 is 0. The van der Waals surface area contributed by atoms with Crippen molar-refractivity contribution >= 4 is 11.9 Å². The first-order chi connectivity index (χ1) is 13.2. The fraction of sp³-hybridized carbons (Fsp3) is 0.111. The Bertz CT molecular complexity index is 1060. The fourth-order valence-electron chi connectivity index (χ4n) is 2.62. The SMILES string of the molecule is Cn1c(-c2ccccc2)cnc1NC(=O)Cn1nnc(-c2ccncc2)n1. The van der Waals surface area contributed by atoms with Crippen LogP contribution in [0.4, 0.5) is 5.95 Å². The summed E-state index contributed by atoms with van der Waals surface area (Å²) in [6, 6.07) is 13.4. The summed E-state index contributed by atoms with van der Waals surface area (Å²) in [5.41, 5.74) is 2.71. The number of anilines is 1. The van der Waals surface area contributed by atoms with Crippen LogP contribution in [-0.4, -0.2) is 40.6 Å². The molecule has 1 amide bonds. The standard InChI is InChI=1S/C18H16N8O/c1-25-15(13-5-3-2-4-6-13)11-20-18(25)21-16(27)12-26-23-17(22-24-26)14-7-9-19-10-8-14/h2-11H,12H2,1H3,(H,20,21,27). The van der Waals surface area contributed by atoms with Crippen LogP contribution in [-0.2, 0) is 18.4 Å². The molecule has 27 heavy (non-hydrogen) atoms. The topological polar surface area (TPSA) is 103 Å². The van der Waals surface area contributed by atoms with Gasteiger partial charge in [0.25, 0.3) is 0 Å². The number of benzene rings is 1. The number of tetrazole rings is 1. The highest BCUT2D eigenvalue weighted by atomic mass is 16.2. The second kappa shape index (κ2) is 7.16. The molecule has 0 aliphatic rings. The van der Waals surface area contributed by atoms with Crippen LogP contribution in [0.2, 0.25) is 0 Å². The van der Waals surface area contributed by atoms with Crippen LogP contribution in [0.1, 0.15) is 0 Å². The van der Waals surface area contributed by atoms with Crippen molar-refractivity contribution < 1.29 is 4.79 Å². The van der Waals surface area contributed by atoms with Gasteiger partial charge in [0, 0.05) is 25.0 Å². The van der Waals surface area contributed by atoms with Crippen molar-refractivity contribution in [1.82, 2.24) is 34.7 Å². The molecule has 0 bridgehead atoms. The van der Waals surface area contributed by atoms with Crippen LogP contribution in [0, 0.1) is 0 Å². The first kappa shape index (κ1) is 16.6. The van der Waals surface area contributed by atoms with Crippen LogP contribution < -0.4 is 5.32 Å². The number of rotatable bonds is 5. The summed E-state index contributed by atoms with van der Waals surface area (Å²) in [5.74, 6) is 0.601. The number of hydrogen-bond acceptors (Lipinski definition) is 6. The maximum atomic E-state index is 12.3. The lowest BCUT2D eigenvalue weighted by atomic mass is 10.2. The quantitative estimate of drug-likeness (QED) is 0.582. The Morgan fingerprint density at radius 3 is 2.63 bits per heavy atom. The van der Waals surface area contributed by atoms with Gasteiger partial charge in [0.05, 0.1) is 11.9 Å². The molecule has 134 valence electrons. The minimum absolute atomic E-state index is 0.0639. The molecule has 0 aliphatic carbocycles. The zero-order valence-corrected chi connectivity index (χ0v) is 14.5. The minimum atomic E-state index is -0.290. The lowest BCUT2D eigenvalue weighted by Gasteiger charge is -2.07. The summed E-state index contributed by atoms with van der Waals surface area (Å²) in [5, 5.41) is 14.9. The largest absolute Gasteiger partial charge is 0.313 e. The maximum absolute atomic E-state index is 12.3. The van der Waals surface area contributed by atoms with Gasteiger partial charge in [0.2, 0.25) is 17.7 Å². The summed E-state index contributed by atoms with van der Waals surface area (Å²) in [6.45, 7) is -0.0639. The molecule has 0 atom stereocenters. The van der Waals surface area contributed by atoms with E-state index in [1.54, 1.807) is 30.7 Å². The van der Waals surface area contributed by atoms with Gasteiger partial charge >= 0.3 is 0 Å². The van der Waals surface area contributed by atoms with E-state index in [1.807, 2.05) is 41.9 Å². The Morgan fingerprint density at radius 1 is 1.07 bits per heavy atom. The third-order valence-electron chi connectivity index (χ3n) is 3.99. The zero-order chi connectivity index (χ0) is 18.6. The van der Waals surface area contributed by atoms with Crippen molar-refractivity contribution in [2.24, 2.45) is 7.05 Å². The Hall–Kier alpha value is -3.88. The summed E-state index contributed by atoms with van der Waals surface area (Å²) in [6.07, 6.45) is 5.02. The lowest BCUT2D eigenvalue weighted by Crippen LogP contribution is -2.22. The van der Waals surface area contributed by atoms with Crippen molar-refractivity contribution in [2.75, 3.05) is 5.32 Å². The van der Waals surface area contributed by atoms with Crippen molar-refractivity contribution in [3.05, 3.63) is 61.1 Å². The van der Waals surface area contributed by atoms with Crippen molar-refractivity contribution in [3.8, 4) is 22.6 Å². The van der Waals surface area contributed by atoms with Crippen molar-refractivity contribution in [3.63, 3.8) is 0 Å². The van der Waals surface area contributed by atoms with E-state index >= 15 is 0 Å². The average Bonchev–Trinajstić information content (AvgIpc) is 3.30. The fourth-order valence-corrected chi connectivity index (χ4v) is 2.62. The van der Waals surface area contributed by atoms with E-state index in [1.165, 1.54) is 4.80 Å². The predicted molar refractivity (Wildman–Crippen MR) is 98.3 cm³/mol. The lowest BCUT2D eigenvalue weighted by molar-refractivity contribution is -0.117. The summed E-state index contributed by atoms with van der Waals surface area (Å²) in [7, 11) is 1.85. The Morgan fingerprint density at radius 2 is 1.85 bits per heavy atom. The highest BCUT2D eigenvalue weighted by Crippen LogP contribution is 2.21. The minimum Gasteiger partial charge on any atom is -0.313 e. The Kier molecular flexibility index (Phi) is 4.40. The second-order valence-electron chi connectivity index (χ2n) is 5.82. The molecule has 0 fully saturated rings. The smallest absolute Gasteiger partial charge is 0.250 e. The predicted octanol–water partition coefficient (Wildman–Crippen LogP) is 1.77. The summed E-state index contributed by atoms with van der Waals surface area (Å²) < 4.78 is 1.82. The van der Waals surface area contributed by atoms with Crippen molar-refractivity contribution in [2.45, 2.75) is 6.54 Å². The van der Waals surface area contributed by atoms with Gasteiger partial charge in [-0.2, -0.15) is 4.80 Å². The molecule has 3 heterocycles. The highest BCUT2D eigenvalue weighted by Gasteiger charge is 2.13. The molecular formula is C18H16N8O. The van der Waals surface area contributed by atoms with Gasteiger partial charge in [-0.15, -0.1) is 10.2 Å². The van der Waals surface area contributed by atoms with E-state index < -0.39 is 0 Å². The number of pyridine rings is 1. The zero-order valence-electron chi connectivity index (χ0n) is 14.5. The molecule has 4 rings (SSSR count). The van der Waals surface area contributed by atoms with Crippen LogP contribution in [0.15, 0.2) is 61.1 Å². The molecule has 0 spiro atoms. The molecule has 9 nitrogen and oxygen atoms in total. The third-order valence-corrected chi connectivity index (χ3v) is 3.99. The van der Waals surface area contributed by atoms with Gasteiger partial charge in [0.1, 0.15) is 6.54 Å². The van der Waals surface area contributed by atoms with Gasteiger partial charge in [-0.05, 0) is 22.9 Å². The molecule has 0 saturated heterocycles. The number of carbonyl (C=O) groups is 1. The molecule has 0 saturated carbocycles. The number of aromatic nitrogens is 7. The first-order valence-electron chi connectivity index (χ1n) is 8.26. The number of nitrogens with one attached hydrogen (secondary N) is 1. The normalized spacial score (nSPS) is 10.7. The molecule has 3 aromatic heterocycles. The highest BCUT2D eigenvalue weighted by molar-refractivity contribution is 5.89. The third kappa shape index (κ3) is 3.56.